The topological polar surface area (TPSA) is 20.3 Å². The van der Waals surface area contributed by atoms with Crippen LogP contribution in [-0.4, -0.2) is 24.3 Å². The Labute approximate surface area is 83.3 Å². The highest BCUT2D eigenvalue weighted by atomic mass is 79.9. The van der Waals surface area contributed by atoms with E-state index in [1.165, 1.54) is 0 Å². The molecule has 2 rings (SSSR count). The quantitative estimate of drug-likeness (QED) is 0.699. The van der Waals surface area contributed by atoms with Crippen LogP contribution in [-0.2, 0) is 6.54 Å². The molecule has 2 nitrogen and oxygen atoms in total. The number of Topliss-reactive ketones (excluding diaryl/α,β-unsaturated/α-hetero) is 1. The van der Waals surface area contributed by atoms with Gasteiger partial charge < -0.3 is 0 Å². The van der Waals surface area contributed by atoms with Crippen molar-refractivity contribution in [3.63, 3.8) is 0 Å². The first-order valence-corrected chi connectivity index (χ1v) is 5.27. The molecule has 0 unspecified atom stereocenters. The lowest BCUT2D eigenvalue weighted by Gasteiger charge is -2.20. The zero-order chi connectivity index (χ0) is 8.72. The van der Waals surface area contributed by atoms with E-state index < -0.39 is 0 Å². The first-order valence-electron chi connectivity index (χ1n) is 3.67. The summed E-state index contributed by atoms with van der Waals surface area (Å²) in [6.07, 6.45) is 0. The van der Waals surface area contributed by atoms with E-state index in [1.54, 1.807) is 11.3 Å². The molecule has 0 aliphatic carbocycles. The minimum absolute atomic E-state index is 0.245. The van der Waals surface area contributed by atoms with Crippen molar-refractivity contribution in [2.45, 2.75) is 6.54 Å². The maximum atomic E-state index is 11.5. The number of likely N-dealkylation sites (N-methyl/N-ethyl adjacent to an activating group) is 1. The Morgan fingerprint density at radius 3 is 3.08 bits per heavy atom. The standard InChI is InChI=1S/C8H8BrNOS/c1-10-3-5-2-7(9)12-8(5)6(11)4-10/h2H,3-4H2,1H3. The molecule has 0 atom stereocenters. The molecule has 0 saturated heterocycles. The number of hydrogen-bond donors (Lipinski definition) is 0. The van der Waals surface area contributed by atoms with Gasteiger partial charge in [-0.05, 0) is 34.6 Å². The van der Waals surface area contributed by atoms with E-state index in [4.69, 9.17) is 0 Å². The molecular formula is C8H8BrNOS. The fourth-order valence-corrected chi connectivity index (χ4v) is 3.00. The molecular weight excluding hydrogens is 238 g/mol. The Bertz CT molecular complexity index is 334. The number of thiophene rings is 1. The molecule has 64 valence electrons. The van der Waals surface area contributed by atoms with Gasteiger partial charge in [0.15, 0.2) is 5.78 Å². The third-order valence-corrected chi connectivity index (χ3v) is 3.61. The molecule has 0 amide bonds. The van der Waals surface area contributed by atoms with E-state index in [2.05, 4.69) is 15.9 Å². The highest BCUT2D eigenvalue weighted by Crippen LogP contribution is 2.30. The van der Waals surface area contributed by atoms with Gasteiger partial charge in [-0.3, -0.25) is 9.69 Å². The van der Waals surface area contributed by atoms with Crippen molar-refractivity contribution in [1.29, 1.82) is 0 Å². The van der Waals surface area contributed by atoms with Gasteiger partial charge in [-0.1, -0.05) is 0 Å². The van der Waals surface area contributed by atoms with Gasteiger partial charge in [-0.15, -0.1) is 11.3 Å². The number of carbonyl (C=O) groups excluding carboxylic acids is 1. The van der Waals surface area contributed by atoms with E-state index in [0.717, 1.165) is 20.8 Å². The summed E-state index contributed by atoms with van der Waals surface area (Å²) in [6, 6.07) is 2.04. The Morgan fingerprint density at radius 1 is 1.58 bits per heavy atom. The molecule has 0 radical (unpaired) electrons. The second kappa shape index (κ2) is 2.94. The van der Waals surface area contributed by atoms with Crippen LogP contribution in [0.2, 0.25) is 0 Å². The summed E-state index contributed by atoms with van der Waals surface area (Å²) in [4.78, 5) is 14.4. The molecule has 0 saturated carbocycles. The number of hydrogen-bond acceptors (Lipinski definition) is 3. The van der Waals surface area contributed by atoms with Crippen molar-refractivity contribution in [2.24, 2.45) is 0 Å². The van der Waals surface area contributed by atoms with Crippen molar-refractivity contribution in [3.05, 3.63) is 20.3 Å². The average Bonchev–Trinajstić information content (AvgIpc) is 2.29. The molecule has 0 aromatic carbocycles. The minimum atomic E-state index is 0.245. The van der Waals surface area contributed by atoms with Crippen LogP contribution in [0.1, 0.15) is 15.2 Å². The maximum absolute atomic E-state index is 11.5. The third-order valence-electron chi connectivity index (χ3n) is 1.89. The van der Waals surface area contributed by atoms with Gasteiger partial charge in [0, 0.05) is 6.54 Å². The van der Waals surface area contributed by atoms with Crippen molar-refractivity contribution in [3.8, 4) is 0 Å². The molecule has 0 fully saturated rings. The lowest BCUT2D eigenvalue weighted by molar-refractivity contribution is 0.0928. The number of nitrogens with zero attached hydrogens (tertiary/aromatic N) is 1. The molecule has 1 aliphatic rings. The number of halogens is 1. The molecule has 0 spiro atoms. The molecule has 12 heavy (non-hydrogen) atoms. The summed E-state index contributed by atoms with van der Waals surface area (Å²) in [5, 5.41) is 0. The fourth-order valence-electron chi connectivity index (χ4n) is 1.41. The predicted octanol–water partition coefficient (Wildman–Crippen LogP) is 2.14. The normalized spacial score (nSPS) is 18.0. The highest BCUT2D eigenvalue weighted by molar-refractivity contribution is 9.11. The van der Waals surface area contributed by atoms with Crippen molar-refractivity contribution < 1.29 is 4.79 Å². The SMILES string of the molecule is CN1CC(=O)c2sc(Br)cc2C1. The zero-order valence-corrected chi connectivity index (χ0v) is 9.04. The molecule has 0 N–H and O–H groups in total. The Morgan fingerprint density at radius 2 is 2.33 bits per heavy atom. The van der Waals surface area contributed by atoms with Gasteiger partial charge >= 0.3 is 0 Å². The van der Waals surface area contributed by atoms with Gasteiger partial charge in [0.05, 0.1) is 15.2 Å². The van der Waals surface area contributed by atoms with Crippen LogP contribution < -0.4 is 0 Å². The summed E-state index contributed by atoms with van der Waals surface area (Å²) >= 11 is 4.93. The first-order chi connectivity index (χ1) is 5.66. The van der Waals surface area contributed by atoms with Crippen LogP contribution in [0.25, 0.3) is 0 Å². The van der Waals surface area contributed by atoms with Crippen LogP contribution in [0.15, 0.2) is 9.85 Å². The van der Waals surface area contributed by atoms with E-state index in [9.17, 15) is 4.79 Å². The third kappa shape index (κ3) is 1.34. The van der Waals surface area contributed by atoms with Crippen molar-refractivity contribution in [2.75, 3.05) is 13.6 Å². The van der Waals surface area contributed by atoms with Crippen LogP contribution in [0.5, 0.6) is 0 Å². The summed E-state index contributed by atoms with van der Waals surface area (Å²) in [5.74, 6) is 0.245. The number of fused-ring (bicyclic) bond motifs is 1. The largest absolute Gasteiger partial charge is 0.294 e. The molecule has 4 heteroatoms. The molecule has 2 heterocycles. The second-order valence-corrected chi connectivity index (χ2v) is 5.43. The monoisotopic (exact) mass is 245 g/mol. The van der Waals surface area contributed by atoms with Gasteiger partial charge in [0.1, 0.15) is 0 Å². The Hall–Kier alpha value is -0.190. The lowest BCUT2D eigenvalue weighted by Crippen LogP contribution is -2.30. The fraction of sp³-hybridized carbons (Fsp3) is 0.375. The Balaban J connectivity index is 2.46. The summed E-state index contributed by atoms with van der Waals surface area (Å²) in [5.41, 5.74) is 1.16. The molecule has 1 aliphatic heterocycles. The predicted molar refractivity (Wildman–Crippen MR) is 52.7 cm³/mol. The van der Waals surface area contributed by atoms with Gasteiger partial charge in [0.25, 0.3) is 0 Å². The molecule has 0 bridgehead atoms. The van der Waals surface area contributed by atoms with Gasteiger partial charge in [0.2, 0.25) is 0 Å². The summed E-state index contributed by atoms with van der Waals surface area (Å²) in [7, 11) is 1.96. The van der Waals surface area contributed by atoms with Gasteiger partial charge in [-0.25, -0.2) is 0 Å². The van der Waals surface area contributed by atoms with E-state index in [-0.39, 0.29) is 5.78 Å². The smallest absolute Gasteiger partial charge is 0.187 e. The van der Waals surface area contributed by atoms with Gasteiger partial charge in [-0.2, -0.15) is 0 Å². The second-order valence-electron chi connectivity index (χ2n) is 3.00. The van der Waals surface area contributed by atoms with Crippen LogP contribution in [0.4, 0.5) is 0 Å². The van der Waals surface area contributed by atoms with Crippen LogP contribution >= 0.6 is 27.3 Å². The van der Waals surface area contributed by atoms with Crippen LogP contribution in [0, 0.1) is 0 Å². The van der Waals surface area contributed by atoms with Crippen molar-refractivity contribution >= 4 is 33.0 Å². The highest BCUT2D eigenvalue weighted by Gasteiger charge is 2.22. The molecule has 1 aromatic heterocycles. The summed E-state index contributed by atoms with van der Waals surface area (Å²) < 4.78 is 1.05. The molecule has 1 aromatic rings. The lowest BCUT2D eigenvalue weighted by atomic mass is 10.1. The number of rotatable bonds is 0. The number of ketones is 1. The Kier molecular flexibility index (Phi) is 2.06. The summed E-state index contributed by atoms with van der Waals surface area (Å²) in [6.45, 7) is 1.45. The minimum Gasteiger partial charge on any atom is -0.294 e. The van der Waals surface area contributed by atoms with E-state index in [1.807, 2.05) is 18.0 Å². The van der Waals surface area contributed by atoms with E-state index in [0.29, 0.717) is 6.54 Å². The average molecular weight is 246 g/mol. The van der Waals surface area contributed by atoms with Crippen molar-refractivity contribution in [1.82, 2.24) is 4.90 Å². The maximum Gasteiger partial charge on any atom is 0.187 e. The zero-order valence-electron chi connectivity index (χ0n) is 6.63. The van der Waals surface area contributed by atoms with E-state index >= 15 is 0 Å². The number of carbonyl (C=O) groups is 1. The van der Waals surface area contributed by atoms with Crippen LogP contribution in [0.3, 0.4) is 0 Å². The first kappa shape index (κ1) is 8.41.